The van der Waals surface area contributed by atoms with Gasteiger partial charge in [-0.3, -0.25) is 4.79 Å². The van der Waals surface area contributed by atoms with Gasteiger partial charge in [0.15, 0.2) is 0 Å². The van der Waals surface area contributed by atoms with Crippen molar-refractivity contribution in [2.75, 3.05) is 18.4 Å². The molecule has 98 valence electrons. The summed E-state index contributed by atoms with van der Waals surface area (Å²) in [4.78, 5) is 10.7. The fourth-order valence-electron chi connectivity index (χ4n) is 2.12. The van der Waals surface area contributed by atoms with E-state index in [0.29, 0.717) is 25.2 Å². The Morgan fingerprint density at radius 1 is 1.11 bits per heavy atom. The lowest BCUT2D eigenvalue weighted by molar-refractivity contribution is -0.105. The van der Waals surface area contributed by atoms with Gasteiger partial charge in [-0.2, -0.15) is 4.31 Å². The van der Waals surface area contributed by atoms with E-state index in [2.05, 4.69) is 5.32 Å². The Hall–Kier alpha value is -1.40. The van der Waals surface area contributed by atoms with Crippen molar-refractivity contribution in [2.24, 2.45) is 0 Å². The number of carbonyl (C=O) groups is 1. The van der Waals surface area contributed by atoms with E-state index in [0.717, 1.165) is 19.3 Å². The zero-order valence-electron chi connectivity index (χ0n) is 10.0. The molecule has 5 nitrogen and oxygen atoms in total. The standard InChI is InChI=1S/C12H16N2O3S/c15-10-13-11-6-2-3-7-12(11)18(16,17)14-8-4-1-5-9-14/h2-3,6-7,10H,1,4-5,8-9H2,(H,13,15). The smallest absolute Gasteiger partial charge is 0.245 e. The number of nitrogens with zero attached hydrogens (tertiary/aromatic N) is 1. The number of hydrogen-bond donors (Lipinski definition) is 1. The van der Waals surface area contributed by atoms with Gasteiger partial charge in [0.2, 0.25) is 16.4 Å². The predicted octanol–water partition coefficient (Wildman–Crippen LogP) is 1.43. The van der Waals surface area contributed by atoms with E-state index in [4.69, 9.17) is 0 Å². The van der Waals surface area contributed by atoms with Gasteiger partial charge in [0, 0.05) is 13.1 Å². The van der Waals surface area contributed by atoms with Crippen LogP contribution in [0.15, 0.2) is 29.2 Å². The molecule has 1 N–H and O–H groups in total. The maximum Gasteiger partial charge on any atom is 0.245 e. The van der Waals surface area contributed by atoms with Gasteiger partial charge in [0.1, 0.15) is 4.90 Å². The number of anilines is 1. The highest BCUT2D eigenvalue weighted by Crippen LogP contribution is 2.26. The largest absolute Gasteiger partial charge is 0.328 e. The number of rotatable bonds is 4. The maximum absolute atomic E-state index is 12.5. The molecule has 1 aromatic carbocycles. The number of carbonyl (C=O) groups excluding carboxylic acids is 1. The molecule has 1 amide bonds. The Labute approximate surface area is 107 Å². The molecule has 0 spiro atoms. The lowest BCUT2D eigenvalue weighted by Crippen LogP contribution is -2.35. The average molecular weight is 268 g/mol. The van der Waals surface area contributed by atoms with Crippen LogP contribution in [0.2, 0.25) is 0 Å². The average Bonchev–Trinajstić information content (AvgIpc) is 2.41. The van der Waals surface area contributed by atoms with Gasteiger partial charge in [0.05, 0.1) is 5.69 Å². The van der Waals surface area contributed by atoms with Crippen LogP contribution < -0.4 is 5.32 Å². The summed E-state index contributed by atoms with van der Waals surface area (Å²) in [6.07, 6.45) is 3.34. The SMILES string of the molecule is O=CNc1ccccc1S(=O)(=O)N1CCCCC1. The Morgan fingerprint density at radius 2 is 1.78 bits per heavy atom. The van der Waals surface area contributed by atoms with Gasteiger partial charge in [-0.05, 0) is 25.0 Å². The van der Waals surface area contributed by atoms with Gasteiger partial charge >= 0.3 is 0 Å². The van der Waals surface area contributed by atoms with Crippen LogP contribution in [0.3, 0.4) is 0 Å². The van der Waals surface area contributed by atoms with Crippen LogP contribution in [-0.4, -0.2) is 32.2 Å². The first-order valence-electron chi connectivity index (χ1n) is 5.95. The molecule has 1 saturated heterocycles. The normalized spacial score (nSPS) is 17.3. The lowest BCUT2D eigenvalue weighted by atomic mass is 10.2. The fraction of sp³-hybridized carbons (Fsp3) is 0.417. The van der Waals surface area contributed by atoms with Crippen molar-refractivity contribution in [3.05, 3.63) is 24.3 Å². The van der Waals surface area contributed by atoms with Gasteiger partial charge in [-0.15, -0.1) is 0 Å². The zero-order valence-corrected chi connectivity index (χ0v) is 10.8. The van der Waals surface area contributed by atoms with Crippen molar-refractivity contribution in [3.8, 4) is 0 Å². The van der Waals surface area contributed by atoms with E-state index in [9.17, 15) is 13.2 Å². The molecule has 0 radical (unpaired) electrons. The molecule has 6 heteroatoms. The van der Waals surface area contributed by atoms with Crippen molar-refractivity contribution in [1.29, 1.82) is 0 Å². The molecule has 0 bridgehead atoms. The van der Waals surface area contributed by atoms with Crippen LogP contribution in [0.5, 0.6) is 0 Å². The van der Waals surface area contributed by atoms with E-state index in [1.165, 1.54) is 10.4 Å². The molecule has 0 saturated carbocycles. The third-order valence-corrected chi connectivity index (χ3v) is 4.99. The molecule has 0 unspecified atom stereocenters. The molecule has 1 aromatic rings. The van der Waals surface area contributed by atoms with Crippen LogP contribution >= 0.6 is 0 Å². The summed E-state index contributed by atoms with van der Waals surface area (Å²) < 4.78 is 26.4. The second-order valence-corrected chi connectivity index (χ2v) is 6.13. The van der Waals surface area contributed by atoms with Crippen LogP contribution in [-0.2, 0) is 14.8 Å². The molecular weight excluding hydrogens is 252 g/mol. The summed E-state index contributed by atoms with van der Waals surface area (Å²) in [5.41, 5.74) is 0.332. The van der Waals surface area contributed by atoms with Crippen LogP contribution in [0, 0.1) is 0 Å². The molecule has 1 heterocycles. The quantitative estimate of drug-likeness (QED) is 0.840. The summed E-state index contributed by atoms with van der Waals surface area (Å²) in [6, 6.07) is 6.47. The molecule has 18 heavy (non-hydrogen) atoms. The number of sulfonamides is 1. The number of amides is 1. The highest BCUT2D eigenvalue weighted by molar-refractivity contribution is 7.89. The van der Waals surface area contributed by atoms with Gasteiger partial charge in [0.25, 0.3) is 0 Å². The summed E-state index contributed by atoms with van der Waals surface area (Å²) in [6.45, 7) is 1.11. The Kier molecular flexibility index (Phi) is 3.98. The van der Waals surface area contributed by atoms with E-state index >= 15 is 0 Å². The Balaban J connectivity index is 2.36. The first kappa shape index (κ1) is 13.0. The lowest BCUT2D eigenvalue weighted by Gasteiger charge is -2.26. The minimum Gasteiger partial charge on any atom is -0.328 e. The van der Waals surface area contributed by atoms with Crippen molar-refractivity contribution in [1.82, 2.24) is 4.31 Å². The summed E-state index contributed by atoms with van der Waals surface area (Å²) in [5, 5.41) is 2.43. The topological polar surface area (TPSA) is 66.5 Å². The summed E-state index contributed by atoms with van der Waals surface area (Å²) in [7, 11) is -3.50. The minimum atomic E-state index is -3.50. The molecule has 0 aliphatic carbocycles. The van der Waals surface area contributed by atoms with Gasteiger partial charge in [-0.1, -0.05) is 18.6 Å². The molecule has 1 aliphatic rings. The summed E-state index contributed by atoms with van der Waals surface area (Å²) >= 11 is 0. The first-order valence-corrected chi connectivity index (χ1v) is 7.39. The number of hydrogen-bond acceptors (Lipinski definition) is 3. The van der Waals surface area contributed by atoms with Crippen molar-refractivity contribution >= 4 is 22.1 Å². The van der Waals surface area contributed by atoms with Crippen molar-refractivity contribution in [2.45, 2.75) is 24.2 Å². The van der Waals surface area contributed by atoms with E-state index in [-0.39, 0.29) is 4.90 Å². The molecule has 0 aromatic heterocycles. The van der Waals surface area contributed by atoms with Crippen LogP contribution in [0.4, 0.5) is 5.69 Å². The predicted molar refractivity (Wildman–Crippen MR) is 68.7 cm³/mol. The molecule has 0 atom stereocenters. The summed E-state index contributed by atoms with van der Waals surface area (Å²) in [5.74, 6) is 0. The monoisotopic (exact) mass is 268 g/mol. The third kappa shape index (κ3) is 2.54. The van der Waals surface area contributed by atoms with Crippen molar-refractivity contribution in [3.63, 3.8) is 0 Å². The first-order chi connectivity index (χ1) is 8.66. The Morgan fingerprint density at radius 3 is 2.44 bits per heavy atom. The second-order valence-electron chi connectivity index (χ2n) is 4.22. The number of piperidine rings is 1. The van der Waals surface area contributed by atoms with Crippen LogP contribution in [0.25, 0.3) is 0 Å². The molecular formula is C12H16N2O3S. The highest BCUT2D eigenvalue weighted by Gasteiger charge is 2.27. The van der Waals surface area contributed by atoms with Gasteiger partial charge < -0.3 is 5.32 Å². The van der Waals surface area contributed by atoms with Gasteiger partial charge in [-0.25, -0.2) is 8.42 Å². The highest BCUT2D eigenvalue weighted by atomic mass is 32.2. The zero-order chi connectivity index (χ0) is 13.0. The molecule has 2 rings (SSSR count). The third-order valence-electron chi connectivity index (χ3n) is 3.03. The molecule has 1 aliphatic heterocycles. The van der Waals surface area contributed by atoms with Crippen LogP contribution in [0.1, 0.15) is 19.3 Å². The maximum atomic E-state index is 12.5. The second kappa shape index (κ2) is 5.49. The fourth-order valence-corrected chi connectivity index (χ4v) is 3.79. The van der Waals surface area contributed by atoms with Crippen molar-refractivity contribution < 1.29 is 13.2 Å². The van der Waals surface area contributed by atoms with E-state index < -0.39 is 10.0 Å². The molecule has 1 fully saturated rings. The number of nitrogens with one attached hydrogen (secondary N) is 1. The minimum absolute atomic E-state index is 0.166. The van der Waals surface area contributed by atoms with E-state index in [1.54, 1.807) is 18.2 Å². The van der Waals surface area contributed by atoms with E-state index in [1.807, 2.05) is 0 Å². The Bertz CT molecular complexity index is 522. The number of para-hydroxylation sites is 1. The number of benzene rings is 1.